The van der Waals surface area contributed by atoms with E-state index in [-0.39, 0.29) is 11.8 Å². The van der Waals surface area contributed by atoms with Gasteiger partial charge in [0.15, 0.2) is 0 Å². The number of amides is 2. The molecule has 0 aliphatic heterocycles. The number of nitrogens with zero attached hydrogens (tertiary/aromatic N) is 2. The van der Waals surface area contributed by atoms with Crippen LogP contribution in [0.3, 0.4) is 0 Å². The highest BCUT2D eigenvalue weighted by Crippen LogP contribution is 2.28. The number of thiophene rings is 1. The van der Waals surface area contributed by atoms with Crippen molar-refractivity contribution in [3.8, 4) is 10.6 Å². The first-order valence-electron chi connectivity index (χ1n) is 10.2. The monoisotopic (exact) mass is 476 g/mol. The molecule has 2 N–H and O–H groups in total. The maximum absolute atomic E-state index is 12.5. The molecule has 0 atom stereocenters. The van der Waals surface area contributed by atoms with Gasteiger partial charge in [0.05, 0.1) is 22.1 Å². The second-order valence-electron chi connectivity index (χ2n) is 7.29. The van der Waals surface area contributed by atoms with E-state index in [9.17, 15) is 9.59 Å². The van der Waals surface area contributed by atoms with Crippen molar-refractivity contribution in [1.82, 2.24) is 9.78 Å². The van der Waals surface area contributed by atoms with Crippen LogP contribution in [0.2, 0.25) is 5.02 Å². The van der Waals surface area contributed by atoms with Crippen LogP contribution in [-0.4, -0.2) is 21.6 Å². The highest BCUT2D eigenvalue weighted by atomic mass is 35.5. The number of aromatic nitrogens is 2. The summed E-state index contributed by atoms with van der Waals surface area (Å²) in [7, 11) is 0. The van der Waals surface area contributed by atoms with E-state index >= 15 is 0 Å². The van der Waals surface area contributed by atoms with Gasteiger partial charge in [0.2, 0.25) is 11.8 Å². The third-order valence-corrected chi connectivity index (χ3v) is 5.88. The van der Waals surface area contributed by atoms with Gasteiger partial charge in [0, 0.05) is 30.4 Å². The van der Waals surface area contributed by atoms with Crippen LogP contribution < -0.4 is 10.6 Å². The largest absolute Gasteiger partial charge is 0.325 e. The Bertz CT molecular complexity index is 1300. The molecule has 33 heavy (non-hydrogen) atoms. The minimum Gasteiger partial charge on any atom is -0.325 e. The maximum atomic E-state index is 12.5. The molecule has 0 saturated heterocycles. The average molecular weight is 477 g/mol. The van der Waals surface area contributed by atoms with Crippen LogP contribution in [0, 0.1) is 0 Å². The first-order valence-corrected chi connectivity index (χ1v) is 11.4. The Hall–Kier alpha value is -3.68. The van der Waals surface area contributed by atoms with E-state index in [1.165, 1.54) is 13.0 Å². The van der Waals surface area contributed by atoms with E-state index in [1.807, 2.05) is 46.6 Å². The molecule has 4 aromatic rings. The number of nitrogens with one attached hydrogen (secondary N) is 2. The zero-order chi connectivity index (χ0) is 23.2. The molecule has 0 spiro atoms. The molecule has 0 radical (unpaired) electrons. The van der Waals surface area contributed by atoms with Gasteiger partial charge >= 0.3 is 0 Å². The van der Waals surface area contributed by atoms with Crippen molar-refractivity contribution in [2.75, 3.05) is 10.6 Å². The van der Waals surface area contributed by atoms with Gasteiger partial charge in [-0.25, -0.2) is 0 Å². The summed E-state index contributed by atoms with van der Waals surface area (Å²) in [5.74, 6) is -0.516. The number of hydrogen-bond acceptors (Lipinski definition) is 4. The summed E-state index contributed by atoms with van der Waals surface area (Å²) >= 11 is 7.78. The number of anilines is 2. The normalized spacial score (nSPS) is 11.0. The quantitative estimate of drug-likeness (QED) is 0.325. The number of benzene rings is 2. The SMILES string of the molecule is CC(=O)Nc1ccc(NC(=O)/C=C/c2cn(Cc3ccccc3)nc2-c2cccs2)cc1Cl. The molecular formula is C25H21ClN4O2S. The number of halogens is 1. The third kappa shape index (κ3) is 5.97. The minimum atomic E-state index is -0.300. The number of hydrogen-bond donors (Lipinski definition) is 2. The highest BCUT2D eigenvalue weighted by Gasteiger charge is 2.11. The minimum absolute atomic E-state index is 0.217. The Balaban J connectivity index is 1.51. The van der Waals surface area contributed by atoms with Gasteiger partial charge in [-0.05, 0) is 41.3 Å². The smallest absolute Gasteiger partial charge is 0.248 e. The van der Waals surface area contributed by atoms with Crippen LogP contribution in [0.1, 0.15) is 18.1 Å². The highest BCUT2D eigenvalue weighted by molar-refractivity contribution is 7.13. The van der Waals surface area contributed by atoms with E-state index in [0.29, 0.717) is 22.9 Å². The Labute approximate surface area is 200 Å². The van der Waals surface area contributed by atoms with Crippen molar-refractivity contribution < 1.29 is 9.59 Å². The lowest BCUT2D eigenvalue weighted by atomic mass is 10.2. The molecule has 4 rings (SSSR count). The molecule has 8 heteroatoms. The summed E-state index contributed by atoms with van der Waals surface area (Å²) in [6.45, 7) is 2.04. The van der Waals surface area contributed by atoms with Gasteiger partial charge in [-0.3, -0.25) is 14.3 Å². The van der Waals surface area contributed by atoms with Crippen molar-refractivity contribution >= 4 is 52.2 Å². The van der Waals surface area contributed by atoms with E-state index in [2.05, 4.69) is 22.8 Å². The fourth-order valence-electron chi connectivity index (χ4n) is 3.25. The first kappa shape index (κ1) is 22.5. The van der Waals surface area contributed by atoms with Gasteiger partial charge in [0.25, 0.3) is 0 Å². The number of carbonyl (C=O) groups is 2. The third-order valence-electron chi connectivity index (χ3n) is 4.69. The molecule has 0 saturated carbocycles. The first-order chi connectivity index (χ1) is 16.0. The van der Waals surface area contributed by atoms with E-state index in [4.69, 9.17) is 16.7 Å². The Morgan fingerprint density at radius 3 is 2.61 bits per heavy atom. The fourth-order valence-corrected chi connectivity index (χ4v) is 4.21. The topological polar surface area (TPSA) is 76.0 Å². The van der Waals surface area contributed by atoms with Gasteiger partial charge in [-0.2, -0.15) is 5.10 Å². The van der Waals surface area contributed by atoms with Crippen LogP contribution in [0.5, 0.6) is 0 Å². The number of rotatable bonds is 7. The van der Waals surface area contributed by atoms with Crippen LogP contribution in [0.15, 0.2) is 78.3 Å². The molecule has 0 aliphatic carbocycles. The average Bonchev–Trinajstić information content (AvgIpc) is 3.44. The Kier molecular flexibility index (Phi) is 7.02. The summed E-state index contributed by atoms with van der Waals surface area (Å²) in [5.41, 5.74) is 3.84. The van der Waals surface area contributed by atoms with Crippen LogP contribution in [0.25, 0.3) is 16.6 Å². The maximum Gasteiger partial charge on any atom is 0.248 e. The van der Waals surface area contributed by atoms with E-state index in [1.54, 1.807) is 35.6 Å². The molecule has 6 nitrogen and oxygen atoms in total. The summed E-state index contributed by atoms with van der Waals surface area (Å²) < 4.78 is 1.88. The molecule has 2 amide bonds. The molecule has 166 valence electrons. The van der Waals surface area contributed by atoms with Crippen LogP contribution >= 0.6 is 22.9 Å². The summed E-state index contributed by atoms with van der Waals surface area (Å²) in [6, 6.07) is 19.0. The second kappa shape index (κ2) is 10.3. The zero-order valence-electron chi connectivity index (χ0n) is 17.8. The van der Waals surface area contributed by atoms with Gasteiger partial charge in [-0.15, -0.1) is 11.3 Å². The molecule has 0 fully saturated rings. The van der Waals surface area contributed by atoms with Crippen molar-refractivity contribution in [3.63, 3.8) is 0 Å². The number of carbonyl (C=O) groups excluding carboxylic acids is 2. The fraction of sp³-hybridized carbons (Fsp3) is 0.0800. The van der Waals surface area contributed by atoms with Gasteiger partial charge < -0.3 is 10.6 Å². The Morgan fingerprint density at radius 2 is 1.91 bits per heavy atom. The molecule has 2 aromatic carbocycles. The summed E-state index contributed by atoms with van der Waals surface area (Å²) in [5, 5.41) is 12.5. The second-order valence-corrected chi connectivity index (χ2v) is 8.65. The van der Waals surface area contributed by atoms with Crippen molar-refractivity contribution in [1.29, 1.82) is 0 Å². The molecule has 0 bridgehead atoms. The molecular weight excluding hydrogens is 456 g/mol. The Morgan fingerprint density at radius 1 is 1.09 bits per heavy atom. The predicted molar refractivity (Wildman–Crippen MR) is 135 cm³/mol. The van der Waals surface area contributed by atoms with Crippen molar-refractivity contribution in [3.05, 3.63) is 94.5 Å². The lowest BCUT2D eigenvalue weighted by molar-refractivity contribution is -0.114. The van der Waals surface area contributed by atoms with E-state index in [0.717, 1.165) is 21.7 Å². The standard InChI is InChI=1S/C25H21ClN4O2S/c1-17(31)27-22-11-10-20(14-21(22)26)28-24(32)12-9-19-16-30(15-18-6-3-2-4-7-18)29-25(19)23-8-5-13-33-23/h2-14,16H,15H2,1H3,(H,27,31)(H,28,32)/b12-9+. The molecule has 2 aromatic heterocycles. The van der Waals surface area contributed by atoms with Crippen LogP contribution in [0.4, 0.5) is 11.4 Å². The lowest BCUT2D eigenvalue weighted by Crippen LogP contribution is -2.09. The van der Waals surface area contributed by atoms with Crippen LogP contribution in [-0.2, 0) is 16.1 Å². The van der Waals surface area contributed by atoms with Crippen molar-refractivity contribution in [2.45, 2.75) is 13.5 Å². The molecule has 0 unspecified atom stereocenters. The predicted octanol–water partition coefficient (Wildman–Crippen LogP) is 5.92. The van der Waals surface area contributed by atoms with Crippen molar-refractivity contribution in [2.24, 2.45) is 0 Å². The zero-order valence-corrected chi connectivity index (χ0v) is 19.4. The summed E-state index contributed by atoms with van der Waals surface area (Å²) in [4.78, 5) is 24.8. The van der Waals surface area contributed by atoms with Gasteiger partial charge in [-0.1, -0.05) is 48.0 Å². The molecule has 0 aliphatic rings. The van der Waals surface area contributed by atoms with Gasteiger partial charge in [0.1, 0.15) is 5.69 Å². The lowest BCUT2D eigenvalue weighted by Gasteiger charge is -2.07. The van der Waals surface area contributed by atoms with E-state index < -0.39 is 0 Å². The summed E-state index contributed by atoms with van der Waals surface area (Å²) in [6.07, 6.45) is 5.16. The molecule has 2 heterocycles.